The van der Waals surface area contributed by atoms with Crippen molar-refractivity contribution in [2.45, 2.75) is 30.6 Å². The molecule has 7 heteroatoms. The van der Waals surface area contributed by atoms with Gasteiger partial charge in [0.1, 0.15) is 10.7 Å². The minimum Gasteiger partial charge on any atom is -0.369 e. The molecule has 0 bridgehead atoms. The normalized spacial score (nSPS) is 16.0. The van der Waals surface area contributed by atoms with E-state index in [1.54, 1.807) is 28.8 Å². The van der Waals surface area contributed by atoms with Crippen molar-refractivity contribution in [1.82, 2.24) is 14.3 Å². The molecule has 0 radical (unpaired) electrons. The van der Waals surface area contributed by atoms with Crippen LogP contribution in [0.3, 0.4) is 0 Å². The summed E-state index contributed by atoms with van der Waals surface area (Å²) in [6.45, 7) is 1.76. The Morgan fingerprint density at radius 2 is 1.79 bits per heavy atom. The van der Waals surface area contributed by atoms with E-state index in [4.69, 9.17) is 0 Å². The molecule has 3 rings (SSSR count). The van der Waals surface area contributed by atoms with Gasteiger partial charge in [-0.3, -0.25) is 4.98 Å². The van der Waals surface area contributed by atoms with Crippen LogP contribution in [0.5, 0.6) is 0 Å². The Kier molecular flexibility index (Phi) is 5.42. The van der Waals surface area contributed by atoms with E-state index >= 15 is 0 Å². The molecule has 2 aromatic heterocycles. The number of rotatable bonds is 6. The van der Waals surface area contributed by atoms with E-state index in [0.717, 1.165) is 25.0 Å². The van der Waals surface area contributed by atoms with Crippen molar-refractivity contribution in [1.29, 1.82) is 0 Å². The summed E-state index contributed by atoms with van der Waals surface area (Å²) in [5, 5.41) is 3.15. The molecule has 6 nitrogen and oxygen atoms in total. The lowest BCUT2D eigenvalue weighted by Gasteiger charge is -2.26. The molecule has 0 saturated carbocycles. The molecule has 1 aliphatic heterocycles. The Balaban J connectivity index is 1.72. The molecule has 1 N–H and O–H groups in total. The Morgan fingerprint density at radius 1 is 1.00 bits per heavy atom. The Labute approximate surface area is 143 Å². The number of anilines is 1. The zero-order chi connectivity index (χ0) is 16.8. The highest BCUT2D eigenvalue weighted by atomic mass is 32.2. The Bertz CT molecular complexity index is 759. The summed E-state index contributed by atoms with van der Waals surface area (Å²) >= 11 is 0. The van der Waals surface area contributed by atoms with Crippen LogP contribution >= 0.6 is 0 Å². The van der Waals surface area contributed by atoms with Gasteiger partial charge in [-0.2, -0.15) is 4.31 Å². The molecular formula is C17H22N4O2S. The summed E-state index contributed by atoms with van der Waals surface area (Å²) in [5.74, 6) is 0.416. The fourth-order valence-corrected chi connectivity index (χ4v) is 4.47. The fourth-order valence-electron chi connectivity index (χ4n) is 2.83. The van der Waals surface area contributed by atoms with E-state index in [2.05, 4.69) is 15.3 Å². The first-order valence-electron chi connectivity index (χ1n) is 8.27. The van der Waals surface area contributed by atoms with Crippen LogP contribution in [0.1, 0.15) is 25.0 Å². The SMILES string of the molecule is O=S(=O)(c1cccnc1NCCc1ccccn1)N1CCCCC1. The molecular weight excluding hydrogens is 324 g/mol. The lowest BCUT2D eigenvalue weighted by molar-refractivity contribution is 0.346. The van der Waals surface area contributed by atoms with Crippen molar-refractivity contribution in [3.63, 3.8) is 0 Å². The summed E-state index contributed by atoms with van der Waals surface area (Å²) < 4.78 is 27.3. The summed E-state index contributed by atoms with van der Waals surface area (Å²) in [4.78, 5) is 8.76. The van der Waals surface area contributed by atoms with Crippen LogP contribution < -0.4 is 5.32 Å². The number of nitrogens with zero attached hydrogens (tertiary/aromatic N) is 3. The zero-order valence-corrected chi connectivity index (χ0v) is 14.4. The third-order valence-corrected chi connectivity index (χ3v) is 6.03. The third kappa shape index (κ3) is 3.91. The van der Waals surface area contributed by atoms with Gasteiger partial charge in [-0.05, 0) is 37.1 Å². The number of hydrogen-bond acceptors (Lipinski definition) is 5. The molecule has 0 spiro atoms. The van der Waals surface area contributed by atoms with Crippen LogP contribution in [0.2, 0.25) is 0 Å². The van der Waals surface area contributed by atoms with Gasteiger partial charge >= 0.3 is 0 Å². The molecule has 3 heterocycles. The zero-order valence-electron chi connectivity index (χ0n) is 13.6. The number of hydrogen-bond donors (Lipinski definition) is 1. The first-order chi connectivity index (χ1) is 11.7. The van der Waals surface area contributed by atoms with Crippen LogP contribution in [0.15, 0.2) is 47.6 Å². The maximum Gasteiger partial charge on any atom is 0.246 e. The second kappa shape index (κ2) is 7.72. The number of piperidine rings is 1. The maximum absolute atomic E-state index is 12.9. The molecule has 1 fully saturated rings. The highest BCUT2D eigenvalue weighted by molar-refractivity contribution is 7.89. The lowest BCUT2D eigenvalue weighted by Crippen LogP contribution is -2.36. The topological polar surface area (TPSA) is 75.2 Å². The average molecular weight is 346 g/mol. The van der Waals surface area contributed by atoms with Crippen LogP contribution in [0.25, 0.3) is 0 Å². The summed E-state index contributed by atoms with van der Waals surface area (Å²) in [5.41, 5.74) is 0.960. The van der Waals surface area contributed by atoms with Crippen molar-refractivity contribution >= 4 is 15.8 Å². The molecule has 0 amide bonds. The average Bonchev–Trinajstić information content (AvgIpc) is 2.64. The highest BCUT2D eigenvalue weighted by Crippen LogP contribution is 2.25. The third-order valence-electron chi connectivity index (χ3n) is 4.10. The van der Waals surface area contributed by atoms with E-state index in [1.807, 2.05) is 18.2 Å². The van der Waals surface area contributed by atoms with Gasteiger partial charge in [0.25, 0.3) is 0 Å². The minimum atomic E-state index is -3.50. The minimum absolute atomic E-state index is 0.257. The van der Waals surface area contributed by atoms with Crippen LogP contribution in [0, 0.1) is 0 Å². The van der Waals surface area contributed by atoms with E-state index in [1.165, 1.54) is 0 Å². The van der Waals surface area contributed by atoms with Crippen molar-refractivity contribution < 1.29 is 8.42 Å². The van der Waals surface area contributed by atoms with Gasteiger partial charge in [0.05, 0.1) is 0 Å². The van der Waals surface area contributed by atoms with Gasteiger partial charge in [-0.15, -0.1) is 0 Å². The van der Waals surface area contributed by atoms with E-state index < -0.39 is 10.0 Å². The quantitative estimate of drug-likeness (QED) is 0.869. The second-order valence-corrected chi connectivity index (χ2v) is 7.72. The molecule has 1 saturated heterocycles. The molecule has 128 valence electrons. The van der Waals surface area contributed by atoms with E-state index in [0.29, 0.717) is 31.9 Å². The van der Waals surface area contributed by atoms with Crippen molar-refractivity contribution in [2.24, 2.45) is 0 Å². The molecule has 0 unspecified atom stereocenters. The van der Waals surface area contributed by atoms with Crippen molar-refractivity contribution in [3.8, 4) is 0 Å². The highest BCUT2D eigenvalue weighted by Gasteiger charge is 2.28. The predicted molar refractivity (Wildman–Crippen MR) is 93.3 cm³/mol. The number of aromatic nitrogens is 2. The largest absolute Gasteiger partial charge is 0.369 e. The second-order valence-electron chi connectivity index (χ2n) is 5.81. The Morgan fingerprint density at radius 3 is 2.54 bits per heavy atom. The van der Waals surface area contributed by atoms with Gasteiger partial charge in [0.2, 0.25) is 10.0 Å². The number of sulfonamides is 1. The first kappa shape index (κ1) is 16.9. The number of pyridine rings is 2. The molecule has 0 atom stereocenters. The monoisotopic (exact) mass is 346 g/mol. The molecule has 1 aliphatic rings. The molecule has 24 heavy (non-hydrogen) atoms. The molecule has 2 aromatic rings. The van der Waals surface area contributed by atoms with Crippen LogP contribution in [0.4, 0.5) is 5.82 Å². The Hall–Kier alpha value is -1.99. The number of nitrogens with one attached hydrogen (secondary N) is 1. The van der Waals surface area contributed by atoms with Gasteiger partial charge in [-0.1, -0.05) is 12.5 Å². The van der Waals surface area contributed by atoms with Crippen molar-refractivity contribution in [3.05, 3.63) is 48.4 Å². The van der Waals surface area contributed by atoms with Crippen molar-refractivity contribution in [2.75, 3.05) is 25.0 Å². The maximum atomic E-state index is 12.9. The summed E-state index contributed by atoms with van der Waals surface area (Å²) in [6.07, 6.45) is 7.00. The van der Waals surface area contributed by atoms with Gasteiger partial charge in [0, 0.05) is 44.1 Å². The summed E-state index contributed by atoms with van der Waals surface area (Å²) in [6, 6.07) is 9.06. The lowest BCUT2D eigenvalue weighted by atomic mass is 10.2. The predicted octanol–water partition coefficient (Wildman–Crippen LogP) is 2.31. The molecule has 0 aromatic carbocycles. The smallest absolute Gasteiger partial charge is 0.246 e. The fraction of sp³-hybridized carbons (Fsp3) is 0.412. The standard InChI is InChI=1S/C17H22N4O2S/c22-24(23,21-13-4-1-5-14-21)16-8-6-11-19-17(16)20-12-9-15-7-2-3-10-18-15/h2-3,6-8,10-11H,1,4-5,9,12-14H2,(H,19,20). The van der Waals surface area contributed by atoms with Crippen LogP contribution in [-0.4, -0.2) is 42.3 Å². The van der Waals surface area contributed by atoms with Gasteiger partial charge in [0.15, 0.2) is 0 Å². The first-order valence-corrected chi connectivity index (χ1v) is 9.71. The van der Waals surface area contributed by atoms with Gasteiger partial charge < -0.3 is 5.32 Å². The molecule has 0 aliphatic carbocycles. The summed E-state index contributed by atoms with van der Waals surface area (Å²) in [7, 11) is -3.50. The van der Waals surface area contributed by atoms with E-state index in [-0.39, 0.29) is 4.90 Å². The van der Waals surface area contributed by atoms with Gasteiger partial charge in [-0.25, -0.2) is 13.4 Å². The van der Waals surface area contributed by atoms with Crippen LogP contribution in [-0.2, 0) is 16.4 Å². The van der Waals surface area contributed by atoms with E-state index in [9.17, 15) is 8.42 Å².